The van der Waals surface area contributed by atoms with Crippen LogP contribution in [0, 0.1) is 34.0 Å². The summed E-state index contributed by atoms with van der Waals surface area (Å²) in [6.07, 6.45) is 4.09. The second kappa shape index (κ2) is 7.91. The van der Waals surface area contributed by atoms with Crippen molar-refractivity contribution in [3.05, 3.63) is 11.9 Å². The quantitative estimate of drug-likeness (QED) is 0.747. The summed E-state index contributed by atoms with van der Waals surface area (Å²) in [5, 5.41) is 21.7. The van der Waals surface area contributed by atoms with E-state index in [9.17, 15) is 14.9 Å². The first kappa shape index (κ1) is 20.1. The Labute approximate surface area is 175 Å². The molecule has 156 valence electrons. The zero-order valence-electron chi connectivity index (χ0n) is 17.1. The molecule has 2 aliphatic heterocycles. The van der Waals surface area contributed by atoms with E-state index in [1.807, 2.05) is 11.0 Å². The van der Waals surface area contributed by atoms with Gasteiger partial charge in [-0.15, -0.1) is 0 Å². The van der Waals surface area contributed by atoms with E-state index < -0.39 is 5.41 Å². The highest BCUT2D eigenvalue weighted by Crippen LogP contribution is 2.46. The zero-order chi connectivity index (χ0) is 21.3. The molecule has 0 spiro atoms. The number of rotatable bonds is 6. The lowest BCUT2D eigenvalue weighted by Gasteiger charge is -2.43. The number of carbonyl (C=O) groups is 2. The average molecular weight is 407 g/mol. The minimum Gasteiger partial charge on any atom is -0.369 e. The van der Waals surface area contributed by atoms with Crippen molar-refractivity contribution >= 4 is 23.3 Å². The van der Waals surface area contributed by atoms with Crippen molar-refractivity contribution in [1.29, 1.82) is 10.5 Å². The molecule has 30 heavy (non-hydrogen) atoms. The predicted octanol–water partition coefficient (Wildman–Crippen LogP) is 1.27. The minimum absolute atomic E-state index is 0.0870. The van der Waals surface area contributed by atoms with Crippen LogP contribution >= 0.6 is 0 Å². The molecule has 0 radical (unpaired) electrons. The normalized spacial score (nSPS) is 23.5. The summed E-state index contributed by atoms with van der Waals surface area (Å²) in [5.41, 5.74) is 0.0979. The van der Waals surface area contributed by atoms with Gasteiger partial charge in [0.05, 0.1) is 24.7 Å². The van der Waals surface area contributed by atoms with Gasteiger partial charge in [0.15, 0.2) is 5.78 Å². The van der Waals surface area contributed by atoms with Gasteiger partial charge >= 0.3 is 0 Å². The first-order chi connectivity index (χ1) is 14.5. The molecule has 2 atom stereocenters. The Morgan fingerprint density at radius 1 is 1.37 bits per heavy atom. The third kappa shape index (κ3) is 3.56. The lowest BCUT2D eigenvalue weighted by Crippen LogP contribution is -2.55. The van der Waals surface area contributed by atoms with Crippen LogP contribution in [-0.4, -0.2) is 58.8 Å². The lowest BCUT2D eigenvalue weighted by atomic mass is 9.90. The number of nitrogens with one attached hydrogen (secondary N) is 1. The molecular formula is C21H25N7O2. The van der Waals surface area contributed by atoms with Crippen LogP contribution in [0.2, 0.25) is 0 Å². The molecule has 0 unspecified atom stereocenters. The van der Waals surface area contributed by atoms with E-state index in [2.05, 4.69) is 28.3 Å². The fraction of sp³-hybridized carbons (Fsp3) is 0.619. The van der Waals surface area contributed by atoms with Crippen LogP contribution in [0.25, 0.3) is 0 Å². The highest BCUT2D eigenvalue weighted by molar-refractivity contribution is 5.94. The maximum atomic E-state index is 13.1. The topological polar surface area (TPSA) is 126 Å². The first-order valence-corrected chi connectivity index (χ1v) is 10.4. The van der Waals surface area contributed by atoms with Gasteiger partial charge in [0, 0.05) is 25.2 Å². The van der Waals surface area contributed by atoms with E-state index in [0.29, 0.717) is 31.7 Å². The number of Topliss-reactive ketones (excluding diaryl/α,β-unsaturated/α-hetero) is 1. The predicted molar refractivity (Wildman–Crippen MR) is 108 cm³/mol. The SMILES string of the molecule is C[C@@H]1CCN(C(=O)CC#N)C[C@@H]1N(CC(=O)C1(C#N)CC1)c1ncnc2c1CCN2. The Kier molecular flexibility index (Phi) is 5.29. The molecule has 1 saturated heterocycles. The number of carbonyl (C=O) groups excluding carboxylic acids is 2. The minimum atomic E-state index is -0.874. The summed E-state index contributed by atoms with van der Waals surface area (Å²) in [6, 6.07) is 4.00. The summed E-state index contributed by atoms with van der Waals surface area (Å²) < 4.78 is 0. The Balaban J connectivity index is 1.67. The van der Waals surface area contributed by atoms with Crippen LogP contribution in [0.5, 0.6) is 0 Å². The molecule has 1 aromatic rings. The van der Waals surface area contributed by atoms with E-state index in [0.717, 1.165) is 30.8 Å². The van der Waals surface area contributed by atoms with Crippen LogP contribution in [0.4, 0.5) is 11.6 Å². The number of nitrogens with zero attached hydrogens (tertiary/aromatic N) is 6. The van der Waals surface area contributed by atoms with Crippen molar-refractivity contribution in [1.82, 2.24) is 14.9 Å². The molecule has 0 aromatic carbocycles. The van der Waals surface area contributed by atoms with Gasteiger partial charge in [0.1, 0.15) is 29.8 Å². The van der Waals surface area contributed by atoms with Crippen molar-refractivity contribution in [3.63, 3.8) is 0 Å². The van der Waals surface area contributed by atoms with Crippen molar-refractivity contribution in [2.24, 2.45) is 11.3 Å². The van der Waals surface area contributed by atoms with Crippen molar-refractivity contribution < 1.29 is 9.59 Å². The van der Waals surface area contributed by atoms with Crippen LogP contribution in [-0.2, 0) is 16.0 Å². The number of likely N-dealkylation sites (tertiary alicyclic amines) is 1. The summed E-state index contributed by atoms with van der Waals surface area (Å²) in [7, 11) is 0. The average Bonchev–Trinajstić information content (AvgIpc) is 3.41. The van der Waals surface area contributed by atoms with Gasteiger partial charge in [-0.25, -0.2) is 9.97 Å². The van der Waals surface area contributed by atoms with Gasteiger partial charge in [-0.1, -0.05) is 6.92 Å². The fourth-order valence-corrected chi connectivity index (χ4v) is 4.43. The number of amides is 1. The number of piperidine rings is 1. The smallest absolute Gasteiger partial charge is 0.236 e. The van der Waals surface area contributed by atoms with Gasteiger partial charge in [0.2, 0.25) is 5.91 Å². The van der Waals surface area contributed by atoms with Gasteiger partial charge in [-0.3, -0.25) is 9.59 Å². The first-order valence-electron chi connectivity index (χ1n) is 10.4. The monoisotopic (exact) mass is 407 g/mol. The van der Waals surface area contributed by atoms with E-state index in [4.69, 9.17) is 5.26 Å². The molecule has 0 bridgehead atoms. The van der Waals surface area contributed by atoms with E-state index >= 15 is 0 Å². The highest BCUT2D eigenvalue weighted by Gasteiger charge is 2.51. The number of ketones is 1. The summed E-state index contributed by atoms with van der Waals surface area (Å²) in [5.74, 6) is 1.43. The van der Waals surface area contributed by atoms with Crippen LogP contribution in [0.15, 0.2) is 6.33 Å². The third-order valence-corrected chi connectivity index (χ3v) is 6.58. The molecule has 3 aliphatic rings. The number of hydrogen-bond acceptors (Lipinski definition) is 8. The van der Waals surface area contributed by atoms with E-state index in [1.165, 1.54) is 6.33 Å². The molecular weight excluding hydrogens is 382 g/mol. The van der Waals surface area contributed by atoms with Crippen LogP contribution < -0.4 is 10.2 Å². The Morgan fingerprint density at radius 2 is 2.17 bits per heavy atom. The number of hydrogen-bond donors (Lipinski definition) is 1. The summed E-state index contributed by atoms with van der Waals surface area (Å²) >= 11 is 0. The molecule has 1 aromatic heterocycles. The number of nitriles is 2. The number of fused-ring (bicyclic) bond motifs is 1. The lowest BCUT2D eigenvalue weighted by molar-refractivity contribution is -0.131. The fourth-order valence-electron chi connectivity index (χ4n) is 4.43. The second-order valence-corrected chi connectivity index (χ2v) is 8.45. The van der Waals surface area contributed by atoms with Gasteiger partial charge in [-0.2, -0.15) is 10.5 Å². The van der Waals surface area contributed by atoms with E-state index in [1.54, 1.807) is 4.90 Å². The molecule has 2 fully saturated rings. The molecule has 3 heterocycles. The van der Waals surface area contributed by atoms with Crippen molar-refractivity contribution in [3.8, 4) is 12.1 Å². The highest BCUT2D eigenvalue weighted by atomic mass is 16.2. The Hall–Kier alpha value is -3.20. The van der Waals surface area contributed by atoms with Gasteiger partial charge < -0.3 is 15.1 Å². The maximum absolute atomic E-state index is 13.1. The van der Waals surface area contributed by atoms with Crippen molar-refractivity contribution in [2.75, 3.05) is 36.4 Å². The Bertz CT molecular complexity index is 944. The molecule has 1 aliphatic carbocycles. The van der Waals surface area contributed by atoms with Crippen molar-refractivity contribution in [2.45, 2.75) is 45.1 Å². The second-order valence-electron chi connectivity index (χ2n) is 8.45. The van der Waals surface area contributed by atoms with Gasteiger partial charge in [0.25, 0.3) is 0 Å². The molecule has 1 amide bonds. The molecule has 9 nitrogen and oxygen atoms in total. The third-order valence-electron chi connectivity index (χ3n) is 6.58. The van der Waals surface area contributed by atoms with Crippen LogP contribution in [0.1, 0.15) is 38.2 Å². The standard InChI is InChI=1S/C21H25N7O2/c1-14-4-9-27(18(30)2-7-22)10-16(14)28(11-17(29)21(12-23)5-6-21)20-15-3-8-24-19(15)25-13-26-20/h13-14,16H,2-6,8-11H2,1H3,(H,24,25,26)/t14-,16+/m1/s1. The largest absolute Gasteiger partial charge is 0.369 e. The molecule has 4 rings (SSSR count). The van der Waals surface area contributed by atoms with Gasteiger partial charge in [-0.05, 0) is 31.6 Å². The number of anilines is 2. The molecule has 1 saturated carbocycles. The summed E-state index contributed by atoms with van der Waals surface area (Å²) in [6.45, 7) is 4.00. The summed E-state index contributed by atoms with van der Waals surface area (Å²) in [4.78, 5) is 38.0. The molecule has 1 N–H and O–H groups in total. The zero-order valence-corrected chi connectivity index (χ0v) is 17.1. The number of aromatic nitrogens is 2. The Morgan fingerprint density at radius 3 is 2.87 bits per heavy atom. The molecule has 9 heteroatoms. The maximum Gasteiger partial charge on any atom is 0.236 e. The van der Waals surface area contributed by atoms with Crippen LogP contribution in [0.3, 0.4) is 0 Å². The van der Waals surface area contributed by atoms with E-state index in [-0.39, 0.29) is 36.6 Å².